The molecule has 0 fully saturated rings. The standard InChI is InChI=1S/C11H13FO2/c1-4-14-11-6-10(12)9(8(3)13)5-7(11)2/h5-6H,4H2,1-3H3. The summed E-state index contributed by atoms with van der Waals surface area (Å²) in [7, 11) is 0. The fourth-order valence-corrected chi connectivity index (χ4v) is 1.24. The van der Waals surface area contributed by atoms with Crippen molar-refractivity contribution in [2.24, 2.45) is 0 Å². The van der Waals surface area contributed by atoms with Crippen LogP contribution in [-0.4, -0.2) is 12.4 Å². The number of ether oxygens (including phenoxy) is 1. The molecule has 0 aliphatic carbocycles. The van der Waals surface area contributed by atoms with Crippen LogP contribution in [0.1, 0.15) is 29.8 Å². The summed E-state index contributed by atoms with van der Waals surface area (Å²) >= 11 is 0. The molecule has 3 heteroatoms. The molecule has 1 rings (SSSR count). The predicted molar refractivity (Wildman–Crippen MR) is 52.3 cm³/mol. The molecule has 0 saturated carbocycles. The van der Waals surface area contributed by atoms with E-state index in [0.717, 1.165) is 5.56 Å². The van der Waals surface area contributed by atoms with Crippen LogP contribution in [0.4, 0.5) is 4.39 Å². The number of hydrogen-bond donors (Lipinski definition) is 0. The lowest BCUT2D eigenvalue weighted by Gasteiger charge is -2.08. The zero-order chi connectivity index (χ0) is 10.7. The number of aryl methyl sites for hydroxylation is 1. The highest BCUT2D eigenvalue weighted by Gasteiger charge is 2.11. The molecule has 0 N–H and O–H groups in total. The third kappa shape index (κ3) is 2.10. The molecule has 0 atom stereocenters. The first-order valence-corrected chi connectivity index (χ1v) is 4.50. The van der Waals surface area contributed by atoms with Crippen LogP contribution in [0.15, 0.2) is 12.1 Å². The lowest BCUT2D eigenvalue weighted by atomic mass is 10.1. The van der Waals surface area contributed by atoms with Crippen molar-refractivity contribution in [1.82, 2.24) is 0 Å². The Bertz CT molecular complexity index is 359. The third-order valence-corrected chi connectivity index (χ3v) is 1.94. The lowest BCUT2D eigenvalue weighted by molar-refractivity contribution is 0.101. The minimum Gasteiger partial charge on any atom is -0.493 e. The quantitative estimate of drug-likeness (QED) is 0.695. The van der Waals surface area contributed by atoms with Crippen molar-refractivity contribution in [3.63, 3.8) is 0 Å². The summed E-state index contributed by atoms with van der Waals surface area (Å²) in [6.45, 7) is 5.45. The van der Waals surface area contributed by atoms with Gasteiger partial charge in [0.05, 0.1) is 12.2 Å². The van der Waals surface area contributed by atoms with Crippen molar-refractivity contribution in [2.75, 3.05) is 6.61 Å². The summed E-state index contributed by atoms with van der Waals surface area (Å²) in [6, 6.07) is 2.78. The van der Waals surface area contributed by atoms with Gasteiger partial charge in [0.25, 0.3) is 0 Å². The maximum atomic E-state index is 13.3. The summed E-state index contributed by atoms with van der Waals surface area (Å²) in [6.07, 6.45) is 0. The normalized spacial score (nSPS) is 10.0. The fourth-order valence-electron chi connectivity index (χ4n) is 1.24. The molecule has 0 aromatic heterocycles. The Morgan fingerprint density at radius 3 is 2.64 bits per heavy atom. The van der Waals surface area contributed by atoms with Crippen molar-refractivity contribution in [1.29, 1.82) is 0 Å². The third-order valence-electron chi connectivity index (χ3n) is 1.94. The van der Waals surface area contributed by atoms with Gasteiger partial charge in [0.1, 0.15) is 11.6 Å². The predicted octanol–water partition coefficient (Wildman–Crippen LogP) is 2.74. The lowest BCUT2D eigenvalue weighted by Crippen LogP contribution is -2.01. The van der Waals surface area contributed by atoms with E-state index in [0.29, 0.717) is 12.4 Å². The van der Waals surface area contributed by atoms with E-state index in [4.69, 9.17) is 4.74 Å². The molecule has 0 heterocycles. The average molecular weight is 196 g/mol. The number of rotatable bonds is 3. The Morgan fingerprint density at radius 2 is 2.14 bits per heavy atom. The summed E-state index contributed by atoms with van der Waals surface area (Å²) < 4.78 is 18.5. The van der Waals surface area contributed by atoms with E-state index in [2.05, 4.69) is 0 Å². The van der Waals surface area contributed by atoms with Crippen molar-refractivity contribution in [2.45, 2.75) is 20.8 Å². The first-order valence-electron chi connectivity index (χ1n) is 4.50. The van der Waals surface area contributed by atoms with Crippen LogP contribution in [0.2, 0.25) is 0 Å². The average Bonchev–Trinajstić information content (AvgIpc) is 2.10. The van der Waals surface area contributed by atoms with Crippen molar-refractivity contribution < 1.29 is 13.9 Å². The molecule has 0 bridgehead atoms. The Labute approximate surface area is 82.7 Å². The topological polar surface area (TPSA) is 26.3 Å². The van der Waals surface area contributed by atoms with Crippen molar-refractivity contribution >= 4 is 5.78 Å². The molecule has 0 unspecified atom stereocenters. The van der Waals surface area contributed by atoms with Crippen LogP contribution in [0.3, 0.4) is 0 Å². The van der Waals surface area contributed by atoms with E-state index in [1.807, 2.05) is 6.92 Å². The van der Waals surface area contributed by atoms with E-state index >= 15 is 0 Å². The maximum Gasteiger partial charge on any atom is 0.162 e. The monoisotopic (exact) mass is 196 g/mol. The van der Waals surface area contributed by atoms with Crippen LogP contribution in [-0.2, 0) is 0 Å². The van der Waals surface area contributed by atoms with Gasteiger partial charge in [0.2, 0.25) is 0 Å². The molecule has 0 amide bonds. The van der Waals surface area contributed by atoms with E-state index in [9.17, 15) is 9.18 Å². The van der Waals surface area contributed by atoms with Gasteiger partial charge in [0, 0.05) is 6.07 Å². The molecular formula is C11H13FO2. The van der Waals surface area contributed by atoms with E-state index in [1.165, 1.54) is 19.1 Å². The first kappa shape index (κ1) is 10.7. The second-order valence-corrected chi connectivity index (χ2v) is 3.09. The second kappa shape index (κ2) is 4.22. The van der Waals surface area contributed by atoms with Gasteiger partial charge in [-0.05, 0) is 32.4 Å². The maximum absolute atomic E-state index is 13.3. The molecule has 1 aromatic rings. The zero-order valence-corrected chi connectivity index (χ0v) is 8.56. The molecule has 1 aromatic carbocycles. The van der Waals surface area contributed by atoms with Gasteiger partial charge in [-0.15, -0.1) is 0 Å². The van der Waals surface area contributed by atoms with Crippen LogP contribution in [0.5, 0.6) is 5.75 Å². The molecule has 14 heavy (non-hydrogen) atoms. The van der Waals surface area contributed by atoms with E-state index in [1.54, 1.807) is 6.92 Å². The Kier molecular flexibility index (Phi) is 3.23. The van der Waals surface area contributed by atoms with Crippen molar-refractivity contribution in [3.05, 3.63) is 29.1 Å². The second-order valence-electron chi connectivity index (χ2n) is 3.09. The Hall–Kier alpha value is -1.38. The fraction of sp³-hybridized carbons (Fsp3) is 0.364. The molecule has 0 spiro atoms. The number of hydrogen-bond acceptors (Lipinski definition) is 2. The highest BCUT2D eigenvalue weighted by atomic mass is 19.1. The first-order chi connectivity index (χ1) is 6.56. The number of carbonyl (C=O) groups is 1. The summed E-state index contributed by atoms with van der Waals surface area (Å²) in [4.78, 5) is 11.0. The minimum atomic E-state index is -0.522. The molecule has 0 aliphatic rings. The van der Waals surface area contributed by atoms with Crippen LogP contribution in [0, 0.1) is 12.7 Å². The van der Waals surface area contributed by atoms with Gasteiger partial charge in [-0.2, -0.15) is 0 Å². The molecule has 0 saturated heterocycles. The Balaban J connectivity index is 3.17. The van der Waals surface area contributed by atoms with Crippen LogP contribution in [0.25, 0.3) is 0 Å². The molecule has 76 valence electrons. The van der Waals surface area contributed by atoms with Crippen LogP contribution < -0.4 is 4.74 Å². The van der Waals surface area contributed by atoms with E-state index in [-0.39, 0.29) is 11.3 Å². The highest BCUT2D eigenvalue weighted by molar-refractivity contribution is 5.94. The minimum absolute atomic E-state index is 0.117. The van der Waals surface area contributed by atoms with Gasteiger partial charge in [-0.3, -0.25) is 4.79 Å². The summed E-state index contributed by atoms with van der Waals surface area (Å²) in [5, 5.41) is 0. The molecule has 0 radical (unpaired) electrons. The SMILES string of the molecule is CCOc1cc(F)c(C(C)=O)cc1C. The zero-order valence-electron chi connectivity index (χ0n) is 8.56. The number of benzene rings is 1. The van der Waals surface area contributed by atoms with Gasteiger partial charge in [0.15, 0.2) is 5.78 Å². The van der Waals surface area contributed by atoms with Gasteiger partial charge >= 0.3 is 0 Å². The Morgan fingerprint density at radius 1 is 1.50 bits per heavy atom. The van der Waals surface area contributed by atoms with Gasteiger partial charge < -0.3 is 4.74 Å². The molecular weight excluding hydrogens is 183 g/mol. The van der Waals surface area contributed by atoms with Crippen molar-refractivity contribution in [3.8, 4) is 5.75 Å². The highest BCUT2D eigenvalue weighted by Crippen LogP contribution is 2.22. The van der Waals surface area contributed by atoms with Crippen LogP contribution >= 0.6 is 0 Å². The smallest absolute Gasteiger partial charge is 0.162 e. The van der Waals surface area contributed by atoms with Gasteiger partial charge in [-0.25, -0.2) is 4.39 Å². The number of carbonyl (C=O) groups excluding carboxylic acids is 1. The van der Waals surface area contributed by atoms with E-state index < -0.39 is 5.82 Å². The number of Topliss-reactive ketones (excluding diaryl/α,β-unsaturated/α-hetero) is 1. The molecule has 0 aliphatic heterocycles. The largest absolute Gasteiger partial charge is 0.493 e. The molecule has 2 nitrogen and oxygen atoms in total. The van der Waals surface area contributed by atoms with Gasteiger partial charge in [-0.1, -0.05) is 0 Å². The number of halogens is 1. The summed E-state index contributed by atoms with van der Waals surface area (Å²) in [5.74, 6) is -0.296. The number of ketones is 1. The summed E-state index contributed by atoms with van der Waals surface area (Å²) in [5.41, 5.74) is 0.893.